The van der Waals surface area contributed by atoms with E-state index in [1.54, 1.807) is 0 Å². The zero-order valence-corrected chi connectivity index (χ0v) is 9.22. The quantitative estimate of drug-likeness (QED) is 0.406. The van der Waals surface area contributed by atoms with Crippen LogP contribution in [0, 0.1) is 0 Å². The minimum atomic E-state index is -5.14. The van der Waals surface area contributed by atoms with Crippen molar-refractivity contribution in [3.63, 3.8) is 0 Å². The molecule has 0 spiro atoms. The van der Waals surface area contributed by atoms with E-state index in [4.69, 9.17) is 19.2 Å². The van der Waals surface area contributed by atoms with Gasteiger partial charge < -0.3 is 19.2 Å². The molecule has 0 amide bonds. The molecule has 1 N–H and O–H groups in total. The Balaban J connectivity index is 0. The number of phosphoric acid groups is 1. The Hall–Kier alpha value is 1.05. The second kappa shape index (κ2) is 3.10. The van der Waals surface area contributed by atoms with Gasteiger partial charge in [0.2, 0.25) is 0 Å². The summed E-state index contributed by atoms with van der Waals surface area (Å²) in [6.45, 7) is 0. The molecule has 6 heavy (non-hydrogen) atoms. The molecular weight excluding hydrogens is 296 g/mol. The van der Waals surface area contributed by atoms with Crippen LogP contribution in [0.15, 0.2) is 0 Å². The number of hydrogen-bond donors (Lipinski definition) is 1. The van der Waals surface area contributed by atoms with Crippen molar-refractivity contribution in [3.8, 4) is 0 Å². The Kier molecular flexibility index (Phi) is 5.23. The Labute approximate surface area is 54.9 Å². The summed E-state index contributed by atoms with van der Waals surface area (Å²) in [5.41, 5.74) is 0. The molecule has 0 heterocycles. The van der Waals surface area contributed by atoms with Gasteiger partial charge in [0.25, 0.3) is 0 Å². The molecule has 0 unspecified atom stereocenters. The zero-order valence-electron chi connectivity index (χ0n) is 2.83. The van der Waals surface area contributed by atoms with Gasteiger partial charge in [-0.1, -0.05) is 0 Å². The van der Waals surface area contributed by atoms with Crippen LogP contribution in [0.1, 0.15) is 0 Å². The van der Waals surface area contributed by atoms with Gasteiger partial charge in [-0.25, -0.2) is 0 Å². The molecule has 0 bridgehead atoms. The largest absolute Gasteiger partial charge is 2.00 e. The Bertz CT molecular complexity index is 53.7. The van der Waals surface area contributed by atoms with Crippen LogP contribution in [-0.2, 0) is 32.2 Å². The average molecular weight is 297 g/mol. The standard InChI is InChI=1S/Hg.H3O4P/c;1-5(2,3)4/h;(H3,1,2,3,4)/q+2;/p-2. The predicted octanol–water partition coefficient (Wildman–Crippen LogP) is -2.20. The summed E-state index contributed by atoms with van der Waals surface area (Å²) >= 11 is 0. The summed E-state index contributed by atoms with van der Waals surface area (Å²) in [5.74, 6) is 0. The van der Waals surface area contributed by atoms with Crippen molar-refractivity contribution in [1.82, 2.24) is 0 Å². The molecule has 0 aliphatic heterocycles. The summed E-state index contributed by atoms with van der Waals surface area (Å²) in [6, 6.07) is 0. The molecule has 0 aromatic rings. The smallest absolute Gasteiger partial charge is 0.790 e. The molecule has 0 aliphatic rings. The van der Waals surface area contributed by atoms with Crippen molar-refractivity contribution in [2.75, 3.05) is 0 Å². The fourth-order valence-electron chi connectivity index (χ4n) is 0. The van der Waals surface area contributed by atoms with E-state index in [-0.39, 0.29) is 27.7 Å². The Morgan fingerprint density at radius 2 is 1.50 bits per heavy atom. The van der Waals surface area contributed by atoms with E-state index in [2.05, 4.69) is 0 Å². The molecule has 32 valence electrons. The van der Waals surface area contributed by atoms with E-state index >= 15 is 0 Å². The minimum absolute atomic E-state index is 0. The first-order valence-electron chi connectivity index (χ1n) is 0.748. The van der Waals surface area contributed by atoms with Gasteiger partial charge in [0.15, 0.2) is 0 Å². The SMILES string of the molecule is O=P([O-])([O-])O.[Hg+2]. The number of rotatable bonds is 0. The van der Waals surface area contributed by atoms with Crippen molar-refractivity contribution >= 4 is 7.82 Å². The van der Waals surface area contributed by atoms with Crippen molar-refractivity contribution in [3.05, 3.63) is 0 Å². The zero-order chi connectivity index (χ0) is 4.50. The second-order valence-corrected chi connectivity index (χ2v) is 1.41. The van der Waals surface area contributed by atoms with Crippen LogP contribution in [0.5, 0.6) is 0 Å². The van der Waals surface area contributed by atoms with Gasteiger partial charge in [0, 0.05) is 0 Å². The van der Waals surface area contributed by atoms with Crippen LogP contribution in [0.4, 0.5) is 0 Å². The first-order valence-corrected chi connectivity index (χ1v) is 2.24. The maximum atomic E-state index is 8.66. The molecule has 0 fully saturated rings. The molecule has 0 aliphatic carbocycles. The van der Waals surface area contributed by atoms with Gasteiger partial charge in [-0.2, -0.15) is 0 Å². The average Bonchev–Trinajstić information content (AvgIpc) is 0.722. The maximum absolute atomic E-state index is 8.66. The molecule has 4 nitrogen and oxygen atoms in total. The third kappa shape index (κ3) is 75.6. The summed E-state index contributed by atoms with van der Waals surface area (Å²) < 4.78 is 8.66. The third-order valence-electron chi connectivity index (χ3n) is 0. The maximum Gasteiger partial charge on any atom is 2.00 e. The molecule has 0 aromatic carbocycles. The normalized spacial score (nSPS) is 9.83. The van der Waals surface area contributed by atoms with Crippen LogP contribution in [0.3, 0.4) is 0 Å². The van der Waals surface area contributed by atoms with E-state index in [9.17, 15) is 0 Å². The van der Waals surface area contributed by atoms with Crippen molar-refractivity contribution in [1.29, 1.82) is 0 Å². The van der Waals surface area contributed by atoms with Gasteiger partial charge in [-0.15, -0.1) is 0 Å². The molecule has 0 radical (unpaired) electrons. The topological polar surface area (TPSA) is 83.4 Å². The summed E-state index contributed by atoms with van der Waals surface area (Å²) in [6.07, 6.45) is 0. The molecule has 0 atom stereocenters. The fourth-order valence-corrected chi connectivity index (χ4v) is 0. The van der Waals surface area contributed by atoms with Gasteiger partial charge in [-0.3, -0.25) is 0 Å². The van der Waals surface area contributed by atoms with Gasteiger partial charge in [0.1, 0.15) is 0 Å². The van der Waals surface area contributed by atoms with Crippen molar-refractivity contribution < 1.29 is 46.9 Å². The van der Waals surface area contributed by atoms with Crippen LogP contribution in [0.25, 0.3) is 0 Å². The van der Waals surface area contributed by atoms with E-state index in [0.717, 1.165) is 0 Å². The minimum Gasteiger partial charge on any atom is -0.790 e. The van der Waals surface area contributed by atoms with Crippen molar-refractivity contribution in [2.24, 2.45) is 0 Å². The van der Waals surface area contributed by atoms with Crippen LogP contribution in [-0.4, -0.2) is 4.89 Å². The van der Waals surface area contributed by atoms with Gasteiger partial charge in [0.05, 0.1) is 7.82 Å². The Morgan fingerprint density at radius 3 is 1.50 bits per heavy atom. The summed E-state index contributed by atoms with van der Waals surface area (Å²) in [5, 5.41) is 0. The van der Waals surface area contributed by atoms with Gasteiger partial charge >= 0.3 is 27.7 Å². The monoisotopic (exact) mass is 298 g/mol. The summed E-state index contributed by atoms with van der Waals surface area (Å²) in [4.78, 5) is 24.3. The first-order chi connectivity index (χ1) is 2.00. The summed E-state index contributed by atoms with van der Waals surface area (Å²) in [7, 11) is -5.14. The van der Waals surface area contributed by atoms with Crippen LogP contribution >= 0.6 is 7.82 Å². The fraction of sp³-hybridized carbons (Fsp3) is 0. The molecule has 0 saturated carbocycles. The molecule has 0 saturated heterocycles. The number of hydrogen-bond acceptors (Lipinski definition) is 3. The Morgan fingerprint density at radius 1 is 1.50 bits per heavy atom. The third-order valence-corrected chi connectivity index (χ3v) is 0. The molecule has 6 heteroatoms. The van der Waals surface area contributed by atoms with E-state index < -0.39 is 7.82 Å². The van der Waals surface area contributed by atoms with Crippen LogP contribution in [0.2, 0.25) is 0 Å². The molecule has 0 aromatic heterocycles. The molecule has 0 rings (SSSR count). The molecular formula is HHgO4P. The van der Waals surface area contributed by atoms with Gasteiger partial charge in [-0.05, 0) is 0 Å². The first kappa shape index (κ1) is 10.1. The van der Waals surface area contributed by atoms with E-state index in [1.165, 1.54) is 0 Å². The van der Waals surface area contributed by atoms with Crippen molar-refractivity contribution in [2.45, 2.75) is 0 Å². The van der Waals surface area contributed by atoms with E-state index in [0.29, 0.717) is 0 Å². The predicted molar refractivity (Wildman–Crippen MR) is 9.83 cm³/mol. The van der Waals surface area contributed by atoms with Crippen LogP contribution < -0.4 is 9.79 Å². The van der Waals surface area contributed by atoms with E-state index in [1.807, 2.05) is 0 Å². The second-order valence-electron chi connectivity index (χ2n) is 0.469.